The molecule has 0 saturated heterocycles. The molecule has 0 spiro atoms. The molecule has 0 atom stereocenters. The summed E-state index contributed by atoms with van der Waals surface area (Å²) in [7, 11) is 3.06. The lowest BCUT2D eigenvalue weighted by Crippen LogP contribution is -2.13. The Labute approximate surface area is 157 Å². The fraction of sp³-hybridized carbons (Fsp3) is 0.235. The Kier molecular flexibility index (Phi) is 4.73. The highest BCUT2D eigenvalue weighted by Crippen LogP contribution is 2.31. The first-order valence-corrected chi connectivity index (χ1v) is 8.17. The van der Waals surface area contributed by atoms with E-state index in [1.165, 1.54) is 34.7 Å². The van der Waals surface area contributed by atoms with Gasteiger partial charge in [-0.05, 0) is 24.3 Å². The minimum absolute atomic E-state index is 0.00473. The van der Waals surface area contributed by atoms with Crippen LogP contribution in [0.3, 0.4) is 0 Å². The zero-order valence-electron chi connectivity index (χ0n) is 14.6. The number of nitrogens with one attached hydrogen (secondary N) is 1. The van der Waals surface area contributed by atoms with Crippen molar-refractivity contribution in [3.05, 3.63) is 52.7 Å². The van der Waals surface area contributed by atoms with E-state index in [1.54, 1.807) is 7.05 Å². The van der Waals surface area contributed by atoms with Gasteiger partial charge in [0.05, 0.1) is 10.7 Å². The van der Waals surface area contributed by atoms with Gasteiger partial charge in [0.25, 0.3) is 11.8 Å². The van der Waals surface area contributed by atoms with Gasteiger partial charge in [-0.2, -0.15) is 19.0 Å². The van der Waals surface area contributed by atoms with Crippen LogP contribution in [0.1, 0.15) is 23.1 Å². The number of alkyl halides is 2. The number of aryl methyl sites for hydroxylation is 2. The van der Waals surface area contributed by atoms with Crippen LogP contribution in [0, 0.1) is 5.82 Å². The van der Waals surface area contributed by atoms with Gasteiger partial charge >= 0.3 is 0 Å². The normalized spacial score (nSPS) is 11.7. The average molecular weight is 398 g/mol. The molecule has 6 nitrogen and oxygen atoms in total. The number of aromatic nitrogens is 4. The minimum atomic E-state index is -3.14. The third-order valence-electron chi connectivity index (χ3n) is 3.83. The van der Waals surface area contributed by atoms with E-state index in [1.807, 2.05) is 0 Å². The Morgan fingerprint density at radius 1 is 1.22 bits per heavy atom. The van der Waals surface area contributed by atoms with Crippen LogP contribution in [0.5, 0.6) is 0 Å². The standard InChI is InChI=1S/C17H15ClF3N5O/c1-17(20,21)14-7-13(26(3)23-14)10-5-4-9(6-12(10)19)22-16(27)15-11(18)8-25(2)24-15/h4-8H,1-3H3,(H,22,27). The summed E-state index contributed by atoms with van der Waals surface area (Å²) in [5, 5.41) is 10.3. The molecule has 142 valence electrons. The summed E-state index contributed by atoms with van der Waals surface area (Å²) in [6, 6.07) is 5.04. The zero-order valence-corrected chi connectivity index (χ0v) is 15.4. The van der Waals surface area contributed by atoms with Gasteiger partial charge in [0.15, 0.2) is 5.69 Å². The average Bonchev–Trinajstić information content (AvgIpc) is 3.09. The quantitative estimate of drug-likeness (QED) is 0.724. The lowest BCUT2D eigenvalue weighted by Gasteiger charge is -2.08. The van der Waals surface area contributed by atoms with Gasteiger partial charge in [-0.3, -0.25) is 14.2 Å². The molecule has 10 heteroatoms. The molecule has 0 aliphatic rings. The summed E-state index contributed by atoms with van der Waals surface area (Å²) in [5.41, 5.74) is -0.0121. The van der Waals surface area contributed by atoms with E-state index in [9.17, 15) is 18.0 Å². The van der Waals surface area contributed by atoms with Gasteiger partial charge in [-0.25, -0.2) is 4.39 Å². The molecule has 27 heavy (non-hydrogen) atoms. The van der Waals surface area contributed by atoms with Crippen LogP contribution in [-0.4, -0.2) is 25.5 Å². The van der Waals surface area contributed by atoms with Crippen molar-refractivity contribution in [3.63, 3.8) is 0 Å². The van der Waals surface area contributed by atoms with Crippen molar-refractivity contribution in [1.29, 1.82) is 0 Å². The second kappa shape index (κ2) is 6.73. The number of carbonyl (C=O) groups excluding carboxylic acids is 1. The highest BCUT2D eigenvalue weighted by atomic mass is 35.5. The number of rotatable bonds is 4. The van der Waals surface area contributed by atoms with E-state index in [0.717, 1.165) is 19.1 Å². The van der Waals surface area contributed by atoms with Gasteiger partial charge in [0, 0.05) is 38.5 Å². The number of anilines is 1. The van der Waals surface area contributed by atoms with Crippen LogP contribution in [0.2, 0.25) is 5.02 Å². The highest BCUT2D eigenvalue weighted by molar-refractivity contribution is 6.34. The first-order chi connectivity index (χ1) is 12.6. The van der Waals surface area contributed by atoms with Gasteiger partial charge in [0.1, 0.15) is 11.5 Å². The number of nitrogens with zero attached hydrogens (tertiary/aromatic N) is 4. The van der Waals surface area contributed by atoms with Crippen LogP contribution in [0.15, 0.2) is 30.5 Å². The van der Waals surface area contributed by atoms with Crippen molar-refractivity contribution in [2.24, 2.45) is 14.1 Å². The number of hydrogen-bond donors (Lipinski definition) is 1. The molecule has 2 heterocycles. The monoisotopic (exact) mass is 397 g/mol. The van der Waals surface area contributed by atoms with Crippen molar-refractivity contribution in [2.75, 3.05) is 5.32 Å². The fourth-order valence-corrected chi connectivity index (χ4v) is 2.80. The Morgan fingerprint density at radius 2 is 1.93 bits per heavy atom. The highest BCUT2D eigenvalue weighted by Gasteiger charge is 2.29. The third kappa shape index (κ3) is 3.82. The van der Waals surface area contributed by atoms with Crippen LogP contribution in [0.25, 0.3) is 11.3 Å². The predicted molar refractivity (Wildman–Crippen MR) is 94.3 cm³/mol. The minimum Gasteiger partial charge on any atom is -0.320 e. The molecule has 0 saturated carbocycles. The van der Waals surface area contributed by atoms with Crippen molar-refractivity contribution in [1.82, 2.24) is 19.6 Å². The maximum Gasteiger partial charge on any atom is 0.288 e. The molecule has 0 unspecified atom stereocenters. The molecular weight excluding hydrogens is 383 g/mol. The number of benzene rings is 1. The predicted octanol–water partition coefficient (Wildman–Crippen LogP) is 3.98. The maximum atomic E-state index is 14.5. The lowest BCUT2D eigenvalue weighted by atomic mass is 10.1. The summed E-state index contributed by atoms with van der Waals surface area (Å²) < 4.78 is 44.0. The lowest BCUT2D eigenvalue weighted by molar-refractivity contribution is 0.0122. The van der Waals surface area contributed by atoms with Gasteiger partial charge in [0.2, 0.25) is 0 Å². The van der Waals surface area contributed by atoms with Crippen LogP contribution in [0.4, 0.5) is 18.9 Å². The Bertz CT molecular complexity index is 1020. The Morgan fingerprint density at radius 3 is 2.44 bits per heavy atom. The summed E-state index contributed by atoms with van der Waals surface area (Å²) >= 11 is 5.91. The number of carbonyl (C=O) groups is 1. The van der Waals surface area contributed by atoms with Crippen molar-refractivity contribution < 1.29 is 18.0 Å². The summed E-state index contributed by atoms with van der Waals surface area (Å²) in [4.78, 5) is 12.2. The summed E-state index contributed by atoms with van der Waals surface area (Å²) in [6.07, 6.45) is 1.46. The molecule has 1 amide bonds. The van der Waals surface area contributed by atoms with E-state index < -0.39 is 23.3 Å². The Balaban J connectivity index is 1.87. The van der Waals surface area contributed by atoms with Crippen LogP contribution >= 0.6 is 11.6 Å². The maximum absolute atomic E-state index is 14.5. The first kappa shape index (κ1) is 19.0. The van der Waals surface area contributed by atoms with Gasteiger partial charge in [-0.15, -0.1) is 0 Å². The third-order valence-corrected chi connectivity index (χ3v) is 4.11. The van der Waals surface area contributed by atoms with Crippen LogP contribution < -0.4 is 5.32 Å². The van der Waals surface area contributed by atoms with Crippen LogP contribution in [-0.2, 0) is 20.0 Å². The van der Waals surface area contributed by atoms with Gasteiger partial charge < -0.3 is 5.32 Å². The first-order valence-electron chi connectivity index (χ1n) is 7.79. The summed E-state index contributed by atoms with van der Waals surface area (Å²) in [6.45, 7) is 0.719. The molecule has 2 aromatic heterocycles. The molecule has 3 aromatic rings. The van der Waals surface area contributed by atoms with E-state index in [-0.39, 0.29) is 27.7 Å². The SMILES string of the molecule is Cn1cc(Cl)c(C(=O)Nc2ccc(-c3cc(C(C)(F)F)nn3C)c(F)c2)n1. The van der Waals surface area contributed by atoms with E-state index >= 15 is 0 Å². The summed E-state index contributed by atoms with van der Waals surface area (Å²) in [5.74, 6) is -4.43. The molecule has 0 bridgehead atoms. The molecular formula is C17H15ClF3N5O. The smallest absolute Gasteiger partial charge is 0.288 e. The molecule has 0 radical (unpaired) electrons. The van der Waals surface area contributed by atoms with Crippen molar-refractivity contribution >= 4 is 23.2 Å². The second-order valence-corrected chi connectivity index (χ2v) is 6.48. The molecule has 3 rings (SSSR count). The topological polar surface area (TPSA) is 64.7 Å². The second-order valence-electron chi connectivity index (χ2n) is 6.07. The molecule has 1 N–H and O–H groups in total. The number of halogens is 4. The van der Waals surface area contributed by atoms with Gasteiger partial charge in [-0.1, -0.05) is 11.6 Å². The largest absolute Gasteiger partial charge is 0.320 e. The molecule has 0 fully saturated rings. The van der Waals surface area contributed by atoms with E-state index in [4.69, 9.17) is 11.6 Å². The molecule has 0 aliphatic heterocycles. The Hall–Kier alpha value is -2.81. The van der Waals surface area contributed by atoms with E-state index in [0.29, 0.717) is 0 Å². The van der Waals surface area contributed by atoms with Crippen molar-refractivity contribution in [3.8, 4) is 11.3 Å². The fourth-order valence-electron chi connectivity index (χ4n) is 2.54. The zero-order chi connectivity index (χ0) is 19.9. The van der Waals surface area contributed by atoms with Crippen molar-refractivity contribution in [2.45, 2.75) is 12.8 Å². The van der Waals surface area contributed by atoms with E-state index in [2.05, 4.69) is 15.5 Å². The number of amides is 1. The molecule has 1 aromatic carbocycles. The molecule has 0 aliphatic carbocycles. The number of hydrogen-bond acceptors (Lipinski definition) is 3.